The fourth-order valence-electron chi connectivity index (χ4n) is 1.30. The van der Waals surface area contributed by atoms with Crippen molar-refractivity contribution >= 4 is 17.7 Å². The van der Waals surface area contributed by atoms with Gasteiger partial charge in [0.25, 0.3) is 0 Å². The molecule has 0 aromatic heterocycles. The zero-order valence-corrected chi connectivity index (χ0v) is 11.5. The third kappa shape index (κ3) is 13.7. The first-order chi connectivity index (χ1) is 8.45. The quantitative estimate of drug-likeness (QED) is 0.445. The molecule has 0 fully saturated rings. The number of esters is 1. The highest BCUT2D eigenvalue weighted by Gasteiger charge is 2.25. The number of hydrogen-bond acceptors (Lipinski definition) is 3. The van der Waals surface area contributed by atoms with Gasteiger partial charge < -0.3 is 4.74 Å². The Balaban J connectivity index is 3.10. The van der Waals surface area contributed by atoms with Gasteiger partial charge in [-0.1, -0.05) is 19.8 Å². The number of carbonyl (C=O) groups excluding carboxylic acids is 1. The maximum absolute atomic E-state index is 11.8. The van der Waals surface area contributed by atoms with Crippen molar-refractivity contribution < 1.29 is 22.7 Å². The maximum Gasteiger partial charge on any atom is 0.389 e. The second kappa shape index (κ2) is 10.5. The van der Waals surface area contributed by atoms with Gasteiger partial charge in [0.15, 0.2) is 0 Å². The molecule has 0 aromatic rings. The molecule has 6 heteroatoms. The molecule has 0 spiro atoms. The topological polar surface area (TPSA) is 26.3 Å². The van der Waals surface area contributed by atoms with E-state index >= 15 is 0 Å². The van der Waals surface area contributed by atoms with Gasteiger partial charge in [0.2, 0.25) is 0 Å². The second-order valence-electron chi connectivity index (χ2n) is 3.97. The molecule has 0 saturated heterocycles. The monoisotopic (exact) mass is 286 g/mol. The second-order valence-corrected chi connectivity index (χ2v) is 5.19. The molecule has 0 aliphatic carbocycles. The van der Waals surface area contributed by atoms with Gasteiger partial charge in [0.1, 0.15) is 6.61 Å². The van der Waals surface area contributed by atoms with Crippen LogP contribution in [0.3, 0.4) is 0 Å². The van der Waals surface area contributed by atoms with Crippen molar-refractivity contribution in [3.8, 4) is 0 Å². The number of unbranched alkanes of at least 4 members (excludes halogenated alkanes) is 3. The first-order valence-corrected chi connectivity index (χ1v) is 7.41. The highest BCUT2D eigenvalue weighted by atomic mass is 32.2. The van der Waals surface area contributed by atoms with Crippen molar-refractivity contribution in [3.63, 3.8) is 0 Å². The summed E-state index contributed by atoms with van der Waals surface area (Å²) in [5, 5.41) is 0. The molecule has 0 aromatic carbocycles. The Morgan fingerprint density at radius 2 is 1.78 bits per heavy atom. The third-order valence-electron chi connectivity index (χ3n) is 2.28. The molecule has 0 heterocycles. The normalized spacial score (nSPS) is 11.6. The molecule has 0 rings (SSSR count). The molecular weight excluding hydrogens is 265 g/mol. The summed E-state index contributed by atoms with van der Waals surface area (Å²) in [7, 11) is 0. The smallest absolute Gasteiger partial charge is 0.389 e. The highest BCUT2D eigenvalue weighted by molar-refractivity contribution is 7.99. The van der Waals surface area contributed by atoms with Crippen molar-refractivity contribution in [1.82, 2.24) is 0 Å². The zero-order chi connectivity index (χ0) is 13.9. The van der Waals surface area contributed by atoms with E-state index in [0.717, 1.165) is 24.3 Å². The van der Waals surface area contributed by atoms with Gasteiger partial charge in [0.05, 0.1) is 0 Å². The number of alkyl halides is 3. The first-order valence-electron chi connectivity index (χ1n) is 6.26. The lowest BCUT2D eigenvalue weighted by atomic mass is 10.1. The van der Waals surface area contributed by atoms with E-state index in [1.807, 2.05) is 0 Å². The zero-order valence-electron chi connectivity index (χ0n) is 10.7. The van der Waals surface area contributed by atoms with Crippen LogP contribution in [0.15, 0.2) is 0 Å². The van der Waals surface area contributed by atoms with E-state index in [1.54, 1.807) is 18.7 Å². The largest absolute Gasteiger partial charge is 0.465 e. The van der Waals surface area contributed by atoms with Crippen LogP contribution < -0.4 is 0 Å². The van der Waals surface area contributed by atoms with Crippen LogP contribution in [0.4, 0.5) is 13.2 Å². The molecule has 0 bridgehead atoms. The molecule has 108 valence electrons. The molecule has 0 amide bonds. The van der Waals surface area contributed by atoms with Gasteiger partial charge in [-0.3, -0.25) is 4.79 Å². The average molecular weight is 286 g/mol. The van der Waals surface area contributed by atoms with Crippen molar-refractivity contribution in [1.29, 1.82) is 0 Å². The van der Waals surface area contributed by atoms with E-state index in [-0.39, 0.29) is 12.4 Å². The Morgan fingerprint density at radius 3 is 2.39 bits per heavy atom. The molecular formula is C12H21F3O2S. The predicted octanol–water partition coefficient (Wildman–Crippen LogP) is 4.19. The first kappa shape index (κ1) is 17.6. The summed E-state index contributed by atoms with van der Waals surface area (Å²) in [5.74, 6) is 1.48. The molecule has 18 heavy (non-hydrogen) atoms. The number of thioether (sulfide) groups is 1. The van der Waals surface area contributed by atoms with Gasteiger partial charge in [0, 0.05) is 18.6 Å². The molecule has 0 aliphatic rings. The van der Waals surface area contributed by atoms with Gasteiger partial charge in [-0.05, 0) is 18.6 Å². The van der Waals surface area contributed by atoms with Crippen molar-refractivity contribution in [2.24, 2.45) is 0 Å². The molecule has 2 nitrogen and oxygen atoms in total. The summed E-state index contributed by atoms with van der Waals surface area (Å²) in [5.41, 5.74) is 0. The molecule has 0 aliphatic heterocycles. The van der Waals surface area contributed by atoms with E-state index < -0.39 is 12.6 Å². The minimum atomic E-state index is -4.02. The average Bonchev–Trinajstić information content (AvgIpc) is 2.29. The third-order valence-corrected chi connectivity index (χ3v) is 3.31. The van der Waals surface area contributed by atoms with Crippen LogP contribution in [0.2, 0.25) is 0 Å². The van der Waals surface area contributed by atoms with Crippen LogP contribution in [0.1, 0.15) is 45.4 Å². The fraction of sp³-hybridized carbons (Fsp3) is 0.917. The minimum absolute atomic E-state index is 0.192. The maximum atomic E-state index is 11.8. The number of ether oxygens (including phenoxy) is 1. The lowest BCUT2D eigenvalue weighted by Gasteiger charge is -2.06. The van der Waals surface area contributed by atoms with E-state index in [2.05, 4.69) is 0 Å². The summed E-state index contributed by atoms with van der Waals surface area (Å²) in [4.78, 5) is 10.8. The van der Waals surface area contributed by atoms with Gasteiger partial charge in [-0.25, -0.2) is 0 Å². The number of carbonyl (C=O) groups is 1. The van der Waals surface area contributed by atoms with E-state index in [1.165, 1.54) is 0 Å². The minimum Gasteiger partial charge on any atom is -0.465 e. The molecule has 0 atom stereocenters. The Hall–Kier alpha value is -0.390. The number of halogens is 3. The van der Waals surface area contributed by atoms with Gasteiger partial charge in [-0.2, -0.15) is 24.9 Å². The van der Waals surface area contributed by atoms with Crippen LogP contribution in [0.5, 0.6) is 0 Å². The molecule has 0 radical (unpaired) electrons. The van der Waals surface area contributed by atoms with Crippen molar-refractivity contribution in [2.45, 2.75) is 51.6 Å². The van der Waals surface area contributed by atoms with Crippen molar-refractivity contribution in [2.75, 3.05) is 18.1 Å². The molecule has 0 saturated carbocycles. The summed E-state index contributed by atoms with van der Waals surface area (Å²) >= 11 is 1.67. The van der Waals surface area contributed by atoms with E-state index in [9.17, 15) is 18.0 Å². The van der Waals surface area contributed by atoms with Crippen LogP contribution in [0.25, 0.3) is 0 Å². The summed E-state index contributed by atoms with van der Waals surface area (Å²) in [6.45, 7) is 2.17. The Labute approximate surface area is 111 Å². The lowest BCUT2D eigenvalue weighted by Crippen LogP contribution is -2.06. The number of rotatable bonds is 10. The Kier molecular flexibility index (Phi) is 10.3. The summed E-state index contributed by atoms with van der Waals surface area (Å²) < 4.78 is 40.3. The SMILES string of the molecule is CCC(=O)OCCSCCCCCCC(F)(F)F. The Morgan fingerprint density at radius 1 is 1.11 bits per heavy atom. The van der Waals surface area contributed by atoms with Gasteiger partial charge >= 0.3 is 12.1 Å². The highest BCUT2D eigenvalue weighted by Crippen LogP contribution is 2.23. The lowest BCUT2D eigenvalue weighted by molar-refractivity contribution is -0.142. The van der Waals surface area contributed by atoms with Crippen LogP contribution in [-0.2, 0) is 9.53 Å². The van der Waals surface area contributed by atoms with Crippen LogP contribution >= 0.6 is 11.8 Å². The van der Waals surface area contributed by atoms with Crippen LogP contribution in [0, 0.1) is 0 Å². The summed E-state index contributed by atoms with van der Waals surface area (Å²) in [6.07, 6.45) is -1.69. The summed E-state index contributed by atoms with van der Waals surface area (Å²) in [6, 6.07) is 0. The van der Waals surface area contributed by atoms with E-state index in [0.29, 0.717) is 19.4 Å². The molecule has 0 unspecified atom stereocenters. The van der Waals surface area contributed by atoms with E-state index in [4.69, 9.17) is 4.74 Å². The predicted molar refractivity (Wildman–Crippen MR) is 67.7 cm³/mol. The number of hydrogen-bond donors (Lipinski definition) is 0. The van der Waals surface area contributed by atoms with Crippen molar-refractivity contribution in [3.05, 3.63) is 0 Å². The van der Waals surface area contributed by atoms with Crippen LogP contribution in [-0.4, -0.2) is 30.3 Å². The standard InChI is InChI=1S/C12H21F3O2S/c1-2-11(16)17-8-10-18-9-6-4-3-5-7-12(13,14)15/h2-10H2,1H3. The van der Waals surface area contributed by atoms with Gasteiger partial charge in [-0.15, -0.1) is 0 Å². The fourth-order valence-corrected chi connectivity index (χ4v) is 2.12. The molecule has 0 N–H and O–H groups in total. The Bertz CT molecular complexity index is 220.